The number of carbonyl (C=O) groups excluding carboxylic acids is 1. The Bertz CT molecular complexity index is 422. The van der Waals surface area contributed by atoms with Crippen molar-refractivity contribution in [3.05, 3.63) is 29.8 Å². The van der Waals surface area contributed by atoms with E-state index >= 15 is 0 Å². The first kappa shape index (κ1) is 10.8. The first-order chi connectivity index (χ1) is 7.70. The van der Waals surface area contributed by atoms with Crippen molar-refractivity contribution in [2.24, 2.45) is 10.8 Å². The highest BCUT2D eigenvalue weighted by atomic mass is 16.2. The summed E-state index contributed by atoms with van der Waals surface area (Å²) in [5, 5.41) is 5.65. The molecule has 1 aliphatic heterocycles. The lowest BCUT2D eigenvalue weighted by Crippen LogP contribution is -2.19. The minimum absolute atomic E-state index is 0.0316. The summed E-state index contributed by atoms with van der Waals surface area (Å²) in [4.78, 5) is 11.6. The normalized spacial score (nSPS) is 15.5. The van der Waals surface area contributed by atoms with Crippen molar-refractivity contribution in [3.8, 4) is 0 Å². The number of amides is 1. The summed E-state index contributed by atoms with van der Waals surface area (Å²) in [5.41, 5.74) is 8.33. The van der Waals surface area contributed by atoms with Gasteiger partial charge in [-0.15, -0.1) is 0 Å². The fourth-order valence-electron chi connectivity index (χ4n) is 1.73. The summed E-state index contributed by atoms with van der Waals surface area (Å²) in [5.74, 6) is 0.0316. The Morgan fingerprint density at radius 3 is 2.56 bits per heavy atom. The summed E-state index contributed by atoms with van der Waals surface area (Å²) in [6, 6.07) is 7.78. The minimum atomic E-state index is 0.0316. The predicted molar refractivity (Wildman–Crippen MR) is 64.4 cm³/mol. The number of anilines is 1. The zero-order chi connectivity index (χ0) is 11.5. The number of carbonyl (C=O) groups is 1. The topological polar surface area (TPSA) is 58.7 Å². The average Bonchev–Trinajstić information content (AvgIpc) is 2.59. The Balaban J connectivity index is 2.19. The van der Waals surface area contributed by atoms with Crippen LogP contribution in [0.3, 0.4) is 0 Å². The minimum Gasteiger partial charge on any atom is -0.330 e. The number of rotatable bonds is 3. The van der Waals surface area contributed by atoms with E-state index in [1.807, 2.05) is 31.2 Å². The van der Waals surface area contributed by atoms with E-state index in [2.05, 4.69) is 5.10 Å². The third-order valence-electron chi connectivity index (χ3n) is 2.53. The standard InChI is InChI=1S/C12H15N3O/c1-9-8-12(16)15(14-9)11-4-2-10(3-5-11)6-7-13/h2-5H,6-8,13H2,1H3. The molecule has 1 aromatic carbocycles. The molecule has 2 rings (SSSR count). The molecule has 0 saturated heterocycles. The van der Waals surface area contributed by atoms with Crippen LogP contribution >= 0.6 is 0 Å². The highest BCUT2D eigenvalue weighted by Gasteiger charge is 2.22. The summed E-state index contributed by atoms with van der Waals surface area (Å²) in [7, 11) is 0. The van der Waals surface area contributed by atoms with E-state index in [0.29, 0.717) is 13.0 Å². The summed E-state index contributed by atoms with van der Waals surface area (Å²) in [6.07, 6.45) is 1.28. The second kappa shape index (κ2) is 4.45. The van der Waals surface area contributed by atoms with Crippen LogP contribution in [0, 0.1) is 0 Å². The smallest absolute Gasteiger partial charge is 0.253 e. The van der Waals surface area contributed by atoms with Crippen LogP contribution < -0.4 is 10.7 Å². The van der Waals surface area contributed by atoms with Crippen LogP contribution in [0.25, 0.3) is 0 Å². The van der Waals surface area contributed by atoms with E-state index in [1.165, 1.54) is 10.6 Å². The molecule has 4 nitrogen and oxygen atoms in total. The first-order valence-corrected chi connectivity index (χ1v) is 5.37. The molecular weight excluding hydrogens is 202 g/mol. The van der Waals surface area contributed by atoms with Crippen molar-refractivity contribution in [2.45, 2.75) is 19.8 Å². The Morgan fingerprint density at radius 1 is 1.38 bits per heavy atom. The molecule has 0 atom stereocenters. The molecular formula is C12H15N3O. The van der Waals surface area contributed by atoms with Gasteiger partial charge in [-0.2, -0.15) is 5.10 Å². The molecule has 0 bridgehead atoms. The Hall–Kier alpha value is -1.68. The number of hydrogen-bond acceptors (Lipinski definition) is 3. The van der Waals surface area contributed by atoms with Gasteiger partial charge < -0.3 is 5.73 Å². The van der Waals surface area contributed by atoms with Crippen LogP contribution in [0.1, 0.15) is 18.9 Å². The van der Waals surface area contributed by atoms with Crippen LogP contribution in [0.5, 0.6) is 0 Å². The number of hydrazone groups is 1. The van der Waals surface area contributed by atoms with E-state index in [1.54, 1.807) is 0 Å². The Labute approximate surface area is 94.7 Å². The quantitative estimate of drug-likeness (QED) is 0.829. The number of benzene rings is 1. The van der Waals surface area contributed by atoms with Crippen LogP contribution in [0.15, 0.2) is 29.4 Å². The van der Waals surface area contributed by atoms with Gasteiger partial charge in [-0.1, -0.05) is 12.1 Å². The molecule has 84 valence electrons. The zero-order valence-corrected chi connectivity index (χ0v) is 9.31. The zero-order valence-electron chi connectivity index (χ0n) is 9.31. The lowest BCUT2D eigenvalue weighted by molar-refractivity contribution is -0.116. The summed E-state index contributed by atoms with van der Waals surface area (Å²) < 4.78 is 0. The molecule has 0 spiro atoms. The number of hydrogen-bond donors (Lipinski definition) is 1. The van der Waals surface area contributed by atoms with Gasteiger partial charge in [-0.25, -0.2) is 5.01 Å². The molecule has 16 heavy (non-hydrogen) atoms. The summed E-state index contributed by atoms with van der Waals surface area (Å²) in [6.45, 7) is 2.50. The van der Waals surface area contributed by atoms with E-state index < -0.39 is 0 Å². The van der Waals surface area contributed by atoms with Crippen molar-refractivity contribution >= 4 is 17.3 Å². The molecule has 0 unspecified atom stereocenters. The van der Waals surface area contributed by atoms with Gasteiger partial charge in [0.05, 0.1) is 12.1 Å². The number of nitrogens with zero attached hydrogens (tertiary/aromatic N) is 2. The van der Waals surface area contributed by atoms with Gasteiger partial charge in [0.1, 0.15) is 0 Å². The fourth-order valence-corrected chi connectivity index (χ4v) is 1.73. The molecule has 0 fully saturated rings. The van der Waals surface area contributed by atoms with Crippen LogP contribution in [-0.4, -0.2) is 18.2 Å². The molecule has 1 aromatic rings. The van der Waals surface area contributed by atoms with Gasteiger partial charge in [-0.05, 0) is 37.6 Å². The maximum absolute atomic E-state index is 11.6. The average molecular weight is 217 g/mol. The highest BCUT2D eigenvalue weighted by molar-refractivity contribution is 6.12. The molecule has 0 radical (unpaired) electrons. The predicted octanol–water partition coefficient (Wildman–Crippen LogP) is 1.30. The van der Waals surface area contributed by atoms with Crippen molar-refractivity contribution in [1.82, 2.24) is 0 Å². The Morgan fingerprint density at radius 2 is 2.06 bits per heavy atom. The number of nitrogens with two attached hydrogens (primary N) is 1. The van der Waals surface area contributed by atoms with Crippen molar-refractivity contribution < 1.29 is 4.79 Å². The largest absolute Gasteiger partial charge is 0.330 e. The van der Waals surface area contributed by atoms with Crippen molar-refractivity contribution in [1.29, 1.82) is 0 Å². The van der Waals surface area contributed by atoms with Gasteiger partial charge >= 0.3 is 0 Å². The molecule has 2 N–H and O–H groups in total. The SMILES string of the molecule is CC1=NN(c2ccc(CCN)cc2)C(=O)C1. The molecule has 0 aromatic heterocycles. The molecule has 1 amide bonds. The van der Waals surface area contributed by atoms with Crippen LogP contribution in [0.4, 0.5) is 5.69 Å². The fraction of sp³-hybridized carbons (Fsp3) is 0.333. The lowest BCUT2D eigenvalue weighted by Gasteiger charge is -2.11. The molecule has 4 heteroatoms. The maximum Gasteiger partial charge on any atom is 0.253 e. The third kappa shape index (κ3) is 2.12. The van der Waals surface area contributed by atoms with Crippen LogP contribution in [-0.2, 0) is 11.2 Å². The lowest BCUT2D eigenvalue weighted by atomic mass is 10.1. The molecule has 1 aliphatic rings. The second-order valence-corrected chi connectivity index (χ2v) is 3.92. The van der Waals surface area contributed by atoms with Gasteiger partial charge in [0.15, 0.2) is 0 Å². The van der Waals surface area contributed by atoms with Crippen molar-refractivity contribution in [3.63, 3.8) is 0 Å². The molecule has 1 heterocycles. The second-order valence-electron chi connectivity index (χ2n) is 3.92. The van der Waals surface area contributed by atoms with Gasteiger partial charge in [0.2, 0.25) is 0 Å². The van der Waals surface area contributed by atoms with E-state index in [-0.39, 0.29) is 5.91 Å². The Kier molecular flexibility index (Phi) is 3.01. The summed E-state index contributed by atoms with van der Waals surface area (Å²) >= 11 is 0. The highest BCUT2D eigenvalue weighted by Crippen LogP contribution is 2.20. The van der Waals surface area contributed by atoms with Crippen molar-refractivity contribution in [2.75, 3.05) is 11.6 Å². The van der Waals surface area contributed by atoms with E-state index in [4.69, 9.17) is 5.73 Å². The van der Waals surface area contributed by atoms with E-state index in [9.17, 15) is 4.79 Å². The first-order valence-electron chi connectivity index (χ1n) is 5.37. The van der Waals surface area contributed by atoms with Gasteiger partial charge in [-0.3, -0.25) is 4.79 Å². The van der Waals surface area contributed by atoms with Gasteiger partial charge in [0, 0.05) is 5.71 Å². The monoisotopic (exact) mass is 217 g/mol. The van der Waals surface area contributed by atoms with E-state index in [0.717, 1.165) is 17.8 Å². The maximum atomic E-state index is 11.6. The van der Waals surface area contributed by atoms with Crippen LogP contribution in [0.2, 0.25) is 0 Å². The molecule has 0 aliphatic carbocycles. The molecule has 0 saturated carbocycles. The third-order valence-corrected chi connectivity index (χ3v) is 2.53. The van der Waals surface area contributed by atoms with Gasteiger partial charge in [0.25, 0.3) is 5.91 Å².